The Kier molecular flexibility index (Phi) is 7.02. The first-order valence-corrected chi connectivity index (χ1v) is 7.92. The Balaban J connectivity index is 1.99. The van der Waals surface area contributed by atoms with Crippen LogP contribution in [0.2, 0.25) is 0 Å². The Labute approximate surface area is 150 Å². The van der Waals surface area contributed by atoms with Crippen LogP contribution in [0.4, 0.5) is 19.3 Å². The lowest BCUT2D eigenvalue weighted by Gasteiger charge is -2.13. The Bertz CT molecular complexity index is 741. The summed E-state index contributed by atoms with van der Waals surface area (Å²) in [7, 11) is 1.36. The minimum atomic E-state index is -2.97. The lowest BCUT2D eigenvalue weighted by molar-refractivity contribution is -0.0512. The summed E-state index contributed by atoms with van der Waals surface area (Å²) in [5.41, 5.74) is 1.11. The number of urea groups is 1. The number of methoxy groups -OCH3 is 1. The number of hydrogen-bond acceptors (Lipinski definition) is 4. The fraction of sp³-hybridized carbons (Fsp3) is 0.278. The van der Waals surface area contributed by atoms with Crippen molar-refractivity contribution in [1.29, 1.82) is 0 Å². The molecule has 0 saturated heterocycles. The Hall–Kier alpha value is -3.03. The molecular weight excluding hydrogens is 346 g/mol. The fourth-order valence-corrected chi connectivity index (χ4v) is 2.22. The van der Waals surface area contributed by atoms with Crippen molar-refractivity contribution in [2.24, 2.45) is 0 Å². The van der Waals surface area contributed by atoms with E-state index in [0.717, 1.165) is 0 Å². The predicted octanol–water partition coefficient (Wildman–Crippen LogP) is 4.02. The van der Waals surface area contributed by atoms with Crippen molar-refractivity contribution in [3.8, 4) is 17.2 Å². The second kappa shape index (κ2) is 9.45. The molecule has 0 aliphatic carbocycles. The number of carbonyl (C=O) groups is 1. The predicted molar refractivity (Wildman–Crippen MR) is 93.1 cm³/mol. The topological polar surface area (TPSA) is 68.8 Å². The molecule has 0 aromatic heterocycles. The fourth-order valence-electron chi connectivity index (χ4n) is 2.22. The molecule has 0 aliphatic rings. The smallest absolute Gasteiger partial charge is 0.387 e. The van der Waals surface area contributed by atoms with Gasteiger partial charge in [0, 0.05) is 6.54 Å². The lowest BCUT2D eigenvalue weighted by atomic mass is 10.2. The van der Waals surface area contributed by atoms with Crippen LogP contribution in [-0.2, 0) is 6.54 Å². The highest BCUT2D eigenvalue weighted by Gasteiger charge is 2.12. The summed E-state index contributed by atoms with van der Waals surface area (Å²) in [6.07, 6.45) is 0. The Morgan fingerprint density at radius 1 is 1.12 bits per heavy atom. The average Bonchev–Trinajstić information content (AvgIpc) is 2.61. The van der Waals surface area contributed by atoms with Crippen molar-refractivity contribution in [2.45, 2.75) is 20.1 Å². The number of anilines is 1. The summed E-state index contributed by atoms with van der Waals surface area (Å²) in [4.78, 5) is 12.1. The van der Waals surface area contributed by atoms with Crippen LogP contribution in [-0.4, -0.2) is 26.4 Å². The van der Waals surface area contributed by atoms with Crippen LogP contribution in [0.25, 0.3) is 0 Å². The molecule has 0 unspecified atom stereocenters. The first-order chi connectivity index (χ1) is 12.5. The van der Waals surface area contributed by atoms with E-state index >= 15 is 0 Å². The summed E-state index contributed by atoms with van der Waals surface area (Å²) in [6, 6.07) is 11.1. The van der Waals surface area contributed by atoms with Crippen molar-refractivity contribution >= 4 is 11.7 Å². The quantitative estimate of drug-likeness (QED) is 0.740. The summed E-state index contributed by atoms with van der Waals surface area (Å²) >= 11 is 0. The molecule has 2 amide bonds. The molecule has 0 radical (unpaired) electrons. The van der Waals surface area contributed by atoms with Gasteiger partial charge in [-0.25, -0.2) is 4.79 Å². The first-order valence-electron chi connectivity index (χ1n) is 7.92. The minimum absolute atomic E-state index is 0.0936. The zero-order valence-corrected chi connectivity index (χ0v) is 14.4. The van der Waals surface area contributed by atoms with E-state index in [4.69, 9.17) is 9.47 Å². The molecule has 0 spiro atoms. The molecule has 0 bridgehead atoms. The Morgan fingerprint density at radius 3 is 2.58 bits per heavy atom. The zero-order valence-electron chi connectivity index (χ0n) is 14.4. The van der Waals surface area contributed by atoms with Crippen molar-refractivity contribution < 1.29 is 27.8 Å². The lowest BCUT2D eigenvalue weighted by Crippen LogP contribution is -2.28. The second-order valence-electron chi connectivity index (χ2n) is 5.10. The molecule has 0 fully saturated rings. The Morgan fingerprint density at radius 2 is 1.88 bits per heavy atom. The molecule has 2 rings (SSSR count). The highest BCUT2D eigenvalue weighted by Crippen LogP contribution is 2.29. The molecule has 140 valence electrons. The normalized spacial score (nSPS) is 10.3. The van der Waals surface area contributed by atoms with Gasteiger partial charge in [0.05, 0.1) is 19.4 Å². The molecule has 2 aromatic rings. The highest BCUT2D eigenvalue weighted by atomic mass is 19.3. The van der Waals surface area contributed by atoms with Crippen molar-refractivity contribution in [2.75, 3.05) is 19.0 Å². The van der Waals surface area contributed by atoms with Gasteiger partial charge in [0.15, 0.2) is 11.5 Å². The number of rotatable bonds is 8. The van der Waals surface area contributed by atoms with Gasteiger partial charge in [0.1, 0.15) is 5.75 Å². The van der Waals surface area contributed by atoms with E-state index in [9.17, 15) is 13.6 Å². The minimum Gasteiger partial charge on any atom is -0.493 e. The second-order valence-corrected chi connectivity index (χ2v) is 5.10. The maximum atomic E-state index is 12.5. The summed E-state index contributed by atoms with van der Waals surface area (Å²) in [6.45, 7) is -0.532. The van der Waals surface area contributed by atoms with Crippen LogP contribution in [0.5, 0.6) is 17.2 Å². The first kappa shape index (κ1) is 19.3. The van der Waals surface area contributed by atoms with Gasteiger partial charge < -0.3 is 24.8 Å². The van der Waals surface area contributed by atoms with Crippen LogP contribution < -0.4 is 24.8 Å². The maximum absolute atomic E-state index is 12.5. The molecular formula is C18H20F2N2O4. The van der Waals surface area contributed by atoms with E-state index in [0.29, 0.717) is 23.6 Å². The van der Waals surface area contributed by atoms with Crippen molar-refractivity contribution in [1.82, 2.24) is 5.32 Å². The number of ether oxygens (including phenoxy) is 3. The van der Waals surface area contributed by atoms with E-state index < -0.39 is 12.6 Å². The summed E-state index contributed by atoms with van der Waals surface area (Å²) in [5.74, 6) is 0.648. The maximum Gasteiger partial charge on any atom is 0.387 e. The summed E-state index contributed by atoms with van der Waals surface area (Å²) < 4.78 is 39.7. The molecule has 0 saturated carbocycles. The molecule has 2 N–H and O–H groups in total. The largest absolute Gasteiger partial charge is 0.493 e. The third kappa shape index (κ3) is 5.51. The van der Waals surface area contributed by atoms with E-state index in [-0.39, 0.29) is 18.0 Å². The van der Waals surface area contributed by atoms with E-state index in [1.165, 1.54) is 19.2 Å². The molecule has 0 heterocycles. The van der Waals surface area contributed by atoms with Crippen LogP contribution >= 0.6 is 0 Å². The number of halogens is 2. The van der Waals surface area contributed by atoms with Crippen LogP contribution in [0.3, 0.4) is 0 Å². The van der Waals surface area contributed by atoms with Gasteiger partial charge >= 0.3 is 12.6 Å². The molecule has 0 atom stereocenters. The third-order valence-electron chi connectivity index (χ3n) is 3.33. The van der Waals surface area contributed by atoms with Crippen LogP contribution in [0.15, 0.2) is 42.5 Å². The van der Waals surface area contributed by atoms with Gasteiger partial charge in [-0.15, -0.1) is 0 Å². The van der Waals surface area contributed by atoms with E-state index in [1.54, 1.807) is 30.3 Å². The van der Waals surface area contributed by atoms with Gasteiger partial charge in [-0.2, -0.15) is 8.78 Å². The molecule has 6 nitrogen and oxygen atoms in total. The van der Waals surface area contributed by atoms with Gasteiger partial charge in [-0.1, -0.05) is 18.2 Å². The van der Waals surface area contributed by atoms with Crippen molar-refractivity contribution in [3.63, 3.8) is 0 Å². The molecule has 0 aliphatic heterocycles. The summed E-state index contributed by atoms with van der Waals surface area (Å²) in [5, 5.41) is 5.33. The number of nitrogens with one attached hydrogen (secondary N) is 2. The van der Waals surface area contributed by atoms with Crippen LogP contribution in [0.1, 0.15) is 12.5 Å². The molecule has 26 heavy (non-hydrogen) atoms. The van der Waals surface area contributed by atoms with Gasteiger partial charge in [-0.3, -0.25) is 0 Å². The molecule has 8 heteroatoms. The van der Waals surface area contributed by atoms with E-state index in [2.05, 4.69) is 15.4 Å². The van der Waals surface area contributed by atoms with E-state index in [1.807, 2.05) is 6.92 Å². The monoisotopic (exact) mass is 366 g/mol. The standard InChI is InChI=1S/C18H20F2N2O4/c1-3-25-14-7-5-4-6-13(14)22-18(23)21-11-12-8-9-15(24-2)16(10-12)26-17(19)20/h4-10,17H,3,11H2,1-2H3,(H2,21,22,23). The zero-order chi connectivity index (χ0) is 18.9. The van der Waals surface area contributed by atoms with Crippen molar-refractivity contribution in [3.05, 3.63) is 48.0 Å². The highest BCUT2D eigenvalue weighted by molar-refractivity contribution is 5.90. The number of hydrogen-bond donors (Lipinski definition) is 2. The number of alkyl halides is 2. The van der Waals surface area contributed by atoms with Gasteiger partial charge in [-0.05, 0) is 36.8 Å². The number of benzene rings is 2. The number of carbonyl (C=O) groups excluding carboxylic acids is 1. The van der Waals surface area contributed by atoms with Gasteiger partial charge in [0.25, 0.3) is 0 Å². The molecule has 2 aromatic carbocycles. The average molecular weight is 366 g/mol. The third-order valence-corrected chi connectivity index (χ3v) is 3.33. The van der Waals surface area contributed by atoms with Crippen LogP contribution in [0, 0.1) is 0 Å². The SMILES string of the molecule is CCOc1ccccc1NC(=O)NCc1ccc(OC)c(OC(F)F)c1. The number of para-hydroxylation sites is 2. The number of amides is 2. The van der Waals surface area contributed by atoms with Gasteiger partial charge in [0.2, 0.25) is 0 Å².